The summed E-state index contributed by atoms with van der Waals surface area (Å²) in [7, 11) is -3.81. The molecule has 3 atom stereocenters. The third-order valence-corrected chi connectivity index (χ3v) is 6.38. The van der Waals surface area contributed by atoms with Crippen molar-refractivity contribution >= 4 is 10.0 Å². The minimum Gasteiger partial charge on any atom is -0.326 e. The van der Waals surface area contributed by atoms with Gasteiger partial charge in [0, 0.05) is 13.1 Å². The molecule has 3 N–H and O–H groups in total. The lowest BCUT2D eigenvalue weighted by atomic mass is 9.89. The average Bonchev–Trinajstić information content (AvgIpc) is 3.08. The predicted octanol–water partition coefficient (Wildman–Crippen LogP) is 2.00. The first-order valence-corrected chi connectivity index (χ1v) is 8.96. The van der Waals surface area contributed by atoms with Gasteiger partial charge in [-0.25, -0.2) is 17.5 Å². The summed E-state index contributed by atoms with van der Waals surface area (Å²) in [6.45, 7) is 0.602. The lowest BCUT2D eigenvalue weighted by molar-refractivity contribution is 0.332. The molecule has 21 heavy (non-hydrogen) atoms. The highest BCUT2D eigenvalue weighted by Crippen LogP contribution is 2.48. The normalized spacial score (nSPS) is 28.2. The van der Waals surface area contributed by atoms with Crippen LogP contribution >= 0.6 is 0 Å². The molecule has 0 spiro atoms. The summed E-state index contributed by atoms with van der Waals surface area (Å²) in [5.41, 5.74) is 6.10. The summed E-state index contributed by atoms with van der Waals surface area (Å²) < 4.78 is 41.0. The van der Waals surface area contributed by atoms with Crippen molar-refractivity contribution in [3.05, 3.63) is 29.6 Å². The zero-order valence-corrected chi connectivity index (χ0v) is 12.7. The summed E-state index contributed by atoms with van der Waals surface area (Å²) in [4.78, 5) is -0.298. The van der Waals surface area contributed by atoms with E-state index < -0.39 is 15.8 Å². The molecule has 0 aromatic heterocycles. The average molecular weight is 312 g/mol. The molecule has 0 heterocycles. The standard InChI is InChI=1S/C15H21FN2O2S/c16-14-4-2-11(8-17)7-15(14)21(19,20)18-9-13-6-10-1-3-12(13)5-10/h2,4,7,10,12-13,18H,1,3,5-6,8-9,17H2. The van der Waals surface area contributed by atoms with Crippen LogP contribution in [0.25, 0.3) is 0 Å². The summed E-state index contributed by atoms with van der Waals surface area (Å²) in [6, 6.07) is 3.98. The first-order valence-electron chi connectivity index (χ1n) is 7.48. The second kappa shape index (κ2) is 5.66. The number of nitrogens with two attached hydrogens (primary N) is 1. The van der Waals surface area contributed by atoms with Crippen LogP contribution in [0.15, 0.2) is 23.1 Å². The Labute approximate surface area is 125 Å². The number of benzene rings is 1. The molecule has 2 saturated carbocycles. The smallest absolute Gasteiger partial charge is 0.243 e. The van der Waals surface area contributed by atoms with Crippen molar-refractivity contribution in [3.63, 3.8) is 0 Å². The van der Waals surface area contributed by atoms with Crippen molar-refractivity contribution < 1.29 is 12.8 Å². The molecule has 4 nitrogen and oxygen atoms in total. The van der Waals surface area contributed by atoms with E-state index in [0.717, 1.165) is 18.4 Å². The number of fused-ring (bicyclic) bond motifs is 2. The van der Waals surface area contributed by atoms with E-state index >= 15 is 0 Å². The van der Waals surface area contributed by atoms with Crippen molar-refractivity contribution in [2.75, 3.05) is 6.54 Å². The maximum Gasteiger partial charge on any atom is 0.243 e. The van der Waals surface area contributed by atoms with Gasteiger partial charge in [0.15, 0.2) is 0 Å². The molecule has 116 valence electrons. The van der Waals surface area contributed by atoms with Gasteiger partial charge in [-0.2, -0.15) is 0 Å². The highest BCUT2D eigenvalue weighted by atomic mass is 32.2. The molecule has 1 aromatic rings. The van der Waals surface area contributed by atoms with E-state index in [1.807, 2.05) is 0 Å². The van der Waals surface area contributed by atoms with Crippen LogP contribution in [0.1, 0.15) is 31.2 Å². The van der Waals surface area contributed by atoms with E-state index in [4.69, 9.17) is 5.73 Å². The van der Waals surface area contributed by atoms with Crippen molar-refractivity contribution in [2.24, 2.45) is 23.5 Å². The summed E-state index contributed by atoms with van der Waals surface area (Å²) >= 11 is 0. The Kier molecular flexibility index (Phi) is 4.03. The van der Waals surface area contributed by atoms with E-state index in [0.29, 0.717) is 23.9 Å². The monoisotopic (exact) mass is 312 g/mol. The fraction of sp³-hybridized carbons (Fsp3) is 0.600. The molecule has 2 aliphatic carbocycles. The molecule has 0 aliphatic heterocycles. The molecule has 2 aliphatic rings. The number of halogens is 1. The Bertz CT molecular complexity index is 633. The fourth-order valence-electron chi connectivity index (χ4n) is 3.80. The van der Waals surface area contributed by atoms with Crippen molar-refractivity contribution in [2.45, 2.75) is 37.1 Å². The van der Waals surface area contributed by atoms with E-state index in [2.05, 4.69) is 4.72 Å². The molecule has 2 fully saturated rings. The van der Waals surface area contributed by atoms with Crippen LogP contribution in [0.2, 0.25) is 0 Å². The molecular formula is C15H21FN2O2S. The van der Waals surface area contributed by atoms with Crippen LogP contribution in [0.5, 0.6) is 0 Å². The Morgan fingerprint density at radius 3 is 2.71 bits per heavy atom. The molecular weight excluding hydrogens is 291 g/mol. The summed E-state index contributed by atoms with van der Waals surface area (Å²) in [5.74, 6) is 1.08. The lowest BCUT2D eigenvalue weighted by Crippen LogP contribution is -2.32. The maximum absolute atomic E-state index is 13.8. The number of rotatable bonds is 5. The number of hydrogen-bond donors (Lipinski definition) is 2. The van der Waals surface area contributed by atoms with Crippen molar-refractivity contribution in [3.8, 4) is 0 Å². The minimum absolute atomic E-state index is 0.190. The highest BCUT2D eigenvalue weighted by molar-refractivity contribution is 7.89. The van der Waals surface area contributed by atoms with Gasteiger partial charge in [0.05, 0.1) is 0 Å². The molecule has 0 radical (unpaired) electrons. The summed E-state index contributed by atoms with van der Waals surface area (Å²) in [5, 5.41) is 0. The second-order valence-electron chi connectivity index (χ2n) is 6.26. The van der Waals surface area contributed by atoms with Gasteiger partial charge in [-0.1, -0.05) is 12.5 Å². The predicted molar refractivity (Wildman–Crippen MR) is 78.4 cm³/mol. The quantitative estimate of drug-likeness (QED) is 0.873. The Morgan fingerprint density at radius 1 is 1.29 bits per heavy atom. The zero-order valence-electron chi connectivity index (χ0n) is 11.9. The molecule has 0 saturated heterocycles. The molecule has 0 amide bonds. The maximum atomic E-state index is 13.8. The largest absolute Gasteiger partial charge is 0.326 e. The molecule has 2 bridgehead atoms. The lowest BCUT2D eigenvalue weighted by Gasteiger charge is -2.21. The van der Waals surface area contributed by atoms with Gasteiger partial charge in [-0.3, -0.25) is 0 Å². The second-order valence-corrected chi connectivity index (χ2v) is 7.99. The highest BCUT2D eigenvalue weighted by Gasteiger charge is 2.39. The summed E-state index contributed by atoms with van der Waals surface area (Å²) in [6.07, 6.45) is 4.80. The Morgan fingerprint density at radius 2 is 2.10 bits per heavy atom. The fourth-order valence-corrected chi connectivity index (χ4v) is 5.02. The van der Waals surface area contributed by atoms with Gasteiger partial charge in [0.2, 0.25) is 10.0 Å². The van der Waals surface area contributed by atoms with Gasteiger partial charge in [0.1, 0.15) is 10.7 Å². The topological polar surface area (TPSA) is 72.2 Å². The van der Waals surface area contributed by atoms with Crippen LogP contribution < -0.4 is 10.5 Å². The van der Waals surface area contributed by atoms with Gasteiger partial charge in [-0.15, -0.1) is 0 Å². The van der Waals surface area contributed by atoms with Gasteiger partial charge < -0.3 is 5.73 Å². The third kappa shape index (κ3) is 2.98. The molecule has 3 unspecified atom stereocenters. The van der Waals surface area contributed by atoms with Gasteiger partial charge in [-0.05, 0) is 54.7 Å². The van der Waals surface area contributed by atoms with Crippen LogP contribution in [-0.4, -0.2) is 15.0 Å². The van der Waals surface area contributed by atoms with E-state index in [1.54, 1.807) is 0 Å². The van der Waals surface area contributed by atoms with Crippen LogP contribution in [0.3, 0.4) is 0 Å². The van der Waals surface area contributed by atoms with Gasteiger partial charge in [0.25, 0.3) is 0 Å². The number of hydrogen-bond acceptors (Lipinski definition) is 3. The van der Waals surface area contributed by atoms with Gasteiger partial charge >= 0.3 is 0 Å². The van der Waals surface area contributed by atoms with Crippen LogP contribution in [0.4, 0.5) is 4.39 Å². The van der Waals surface area contributed by atoms with Crippen LogP contribution in [0, 0.1) is 23.6 Å². The molecule has 1 aromatic carbocycles. The molecule has 6 heteroatoms. The van der Waals surface area contributed by atoms with Crippen molar-refractivity contribution in [1.29, 1.82) is 0 Å². The molecule has 3 rings (SSSR count). The Hall–Kier alpha value is -0.980. The first kappa shape index (κ1) is 14.9. The van der Waals surface area contributed by atoms with E-state index in [1.165, 1.54) is 31.4 Å². The third-order valence-electron chi connectivity index (χ3n) is 4.94. The van der Waals surface area contributed by atoms with Crippen LogP contribution in [-0.2, 0) is 16.6 Å². The SMILES string of the molecule is NCc1ccc(F)c(S(=O)(=O)NCC2CC3CCC2C3)c1. The minimum atomic E-state index is -3.81. The zero-order chi connectivity index (χ0) is 15.0. The van der Waals surface area contributed by atoms with Crippen molar-refractivity contribution in [1.82, 2.24) is 4.72 Å². The number of sulfonamides is 1. The number of nitrogens with one attached hydrogen (secondary N) is 1. The van der Waals surface area contributed by atoms with E-state index in [-0.39, 0.29) is 11.4 Å². The first-order chi connectivity index (χ1) is 9.99. The van der Waals surface area contributed by atoms with E-state index in [9.17, 15) is 12.8 Å². The Balaban J connectivity index is 1.72.